The number of rotatable bonds is 9. The largest absolute Gasteiger partial charge is 0.396 e. The first-order chi connectivity index (χ1) is 12.7. The summed E-state index contributed by atoms with van der Waals surface area (Å²) in [6.45, 7) is 2.79. The highest BCUT2D eigenvalue weighted by Gasteiger charge is 2.10. The molecule has 1 heterocycles. The van der Waals surface area contributed by atoms with Gasteiger partial charge in [-0.1, -0.05) is 47.5 Å². The molecule has 0 fully saturated rings. The molecule has 0 unspecified atom stereocenters. The highest BCUT2D eigenvalue weighted by molar-refractivity contribution is 6.35. The molecule has 0 atom stereocenters. The van der Waals surface area contributed by atoms with Gasteiger partial charge in [0.2, 0.25) is 0 Å². The van der Waals surface area contributed by atoms with E-state index in [0.717, 1.165) is 37.9 Å². The van der Waals surface area contributed by atoms with Gasteiger partial charge < -0.3 is 15.0 Å². The van der Waals surface area contributed by atoms with Crippen LogP contribution >= 0.6 is 23.2 Å². The summed E-state index contributed by atoms with van der Waals surface area (Å²) in [5.74, 6) is 0. The Morgan fingerprint density at radius 1 is 0.962 bits per heavy atom. The molecule has 0 amide bonds. The van der Waals surface area contributed by atoms with E-state index in [2.05, 4.69) is 40.3 Å². The lowest BCUT2D eigenvalue weighted by atomic mass is 10.1. The maximum Gasteiger partial charge on any atom is 0.0491 e. The molecule has 3 rings (SSSR count). The third kappa shape index (κ3) is 4.80. The predicted octanol–water partition coefficient (Wildman–Crippen LogP) is 5.25. The van der Waals surface area contributed by atoms with Gasteiger partial charge in [-0.05, 0) is 55.1 Å². The van der Waals surface area contributed by atoms with Crippen molar-refractivity contribution < 1.29 is 5.11 Å². The number of aromatic nitrogens is 1. The van der Waals surface area contributed by atoms with Gasteiger partial charge in [0.25, 0.3) is 0 Å². The van der Waals surface area contributed by atoms with E-state index in [4.69, 9.17) is 28.3 Å². The van der Waals surface area contributed by atoms with E-state index in [0.29, 0.717) is 16.6 Å². The van der Waals surface area contributed by atoms with Crippen molar-refractivity contribution in [1.82, 2.24) is 9.88 Å². The van der Waals surface area contributed by atoms with Gasteiger partial charge in [-0.3, -0.25) is 0 Å². The number of aliphatic hydroxyl groups is 1. The fourth-order valence-corrected chi connectivity index (χ4v) is 3.66. The van der Waals surface area contributed by atoms with Crippen LogP contribution in [0.2, 0.25) is 10.0 Å². The number of unbranched alkanes of at least 4 members (excludes halogenated alkanes) is 2. The second-order valence-corrected chi connectivity index (χ2v) is 7.34. The van der Waals surface area contributed by atoms with Gasteiger partial charge in [-0.2, -0.15) is 0 Å². The lowest BCUT2D eigenvalue weighted by Gasteiger charge is -2.08. The van der Waals surface area contributed by atoms with E-state index in [1.807, 2.05) is 12.1 Å². The lowest BCUT2D eigenvalue weighted by molar-refractivity contribution is 0.283. The quantitative estimate of drug-likeness (QED) is 0.489. The van der Waals surface area contributed by atoms with Crippen molar-refractivity contribution in [2.45, 2.75) is 32.4 Å². The first kappa shape index (κ1) is 19.2. The van der Waals surface area contributed by atoms with Gasteiger partial charge in [0.1, 0.15) is 0 Å². The molecule has 0 aliphatic carbocycles. The van der Waals surface area contributed by atoms with Crippen molar-refractivity contribution in [1.29, 1.82) is 0 Å². The molecule has 2 N–H and O–H groups in total. The standard InChI is InChI=1S/C21H24Cl2N2O/c22-18-9-8-16(20(23)12-18)14-25-15-17(13-24-10-4-1-5-11-26)19-6-2-3-7-21(19)25/h2-3,6-9,12,15,24,26H,1,4-5,10-11,13-14H2. The molecule has 5 heteroatoms. The highest BCUT2D eigenvalue weighted by atomic mass is 35.5. The Labute approximate surface area is 164 Å². The predicted molar refractivity (Wildman–Crippen MR) is 110 cm³/mol. The van der Waals surface area contributed by atoms with E-state index >= 15 is 0 Å². The summed E-state index contributed by atoms with van der Waals surface area (Å²) in [5, 5.41) is 15.0. The summed E-state index contributed by atoms with van der Waals surface area (Å²) in [5.41, 5.74) is 3.55. The third-order valence-corrected chi connectivity index (χ3v) is 5.14. The minimum absolute atomic E-state index is 0.279. The molecular formula is C21H24Cl2N2O. The second-order valence-electron chi connectivity index (χ2n) is 6.50. The summed E-state index contributed by atoms with van der Waals surface area (Å²) >= 11 is 12.4. The van der Waals surface area contributed by atoms with Crippen molar-refractivity contribution in [3.63, 3.8) is 0 Å². The summed E-state index contributed by atoms with van der Waals surface area (Å²) in [6.07, 6.45) is 5.22. The number of fused-ring (bicyclic) bond motifs is 1. The Bertz CT molecular complexity index is 860. The fraction of sp³-hybridized carbons (Fsp3) is 0.333. The van der Waals surface area contributed by atoms with Gasteiger partial charge >= 0.3 is 0 Å². The van der Waals surface area contributed by atoms with Crippen LogP contribution in [0.3, 0.4) is 0 Å². The molecule has 138 valence electrons. The Hall–Kier alpha value is -1.52. The van der Waals surface area contributed by atoms with Crippen molar-refractivity contribution >= 4 is 34.1 Å². The van der Waals surface area contributed by atoms with Crippen LogP contribution in [0.25, 0.3) is 10.9 Å². The molecule has 0 bridgehead atoms. The molecule has 0 aliphatic heterocycles. The Morgan fingerprint density at radius 3 is 2.62 bits per heavy atom. The number of nitrogens with one attached hydrogen (secondary N) is 1. The normalized spacial score (nSPS) is 11.3. The number of hydrogen-bond donors (Lipinski definition) is 2. The molecule has 0 aliphatic rings. The van der Waals surface area contributed by atoms with E-state index in [1.54, 1.807) is 6.07 Å². The average Bonchev–Trinajstić information content (AvgIpc) is 2.98. The van der Waals surface area contributed by atoms with E-state index in [9.17, 15) is 0 Å². The minimum Gasteiger partial charge on any atom is -0.396 e. The monoisotopic (exact) mass is 390 g/mol. The Balaban J connectivity index is 1.74. The van der Waals surface area contributed by atoms with Crippen LogP contribution in [0.5, 0.6) is 0 Å². The maximum atomic E-state index is 8.84. The van der Waals surface area contributed by atoms with Gasteiger partial charge in [0, 0.05) is 46.8 Å². The van der Waals surface area contributed by atoms with Crippen LogP contribution in [0.15, 0.2) is 48.7 Å². The van der Waals surface area contributed by atoms with Crippen LogP contribution in [-0.2, 0) is 13.1 Å². The first-order valence-corrected chi connectivity index (χ1v) is 9.77. The number of aliphatic hydroxyl groups excluding tert-OH is 1. The number of hydrogen-bond acceptors (Lipinski definition) is 2. The average molecular weight is 391 g/mol. The summed E-state index contributed by atoms with van der Waals surface area (Å²) < 4.78 is 2.24. The van der Waals surface area contributed by atoms with E-state index in [1.165, 1.54) is 16.5 Å². The van der Waals surface area contributed by atoms with E-state index < -0.39 is 0 Å². The molecule has 0 spiro atoms. The highest BCUT2D eigenvalue weighted by Crippen LogP contribution is 2.26. The van der Waals surface area contributed by atoms with Crippen LogP contribution in [0, 0.1) is 0 Å². The van der Waals surface area contributed by atoms with Gasteiger partial charge in [0.05, 0.1) is 0 Å². The van der Waals surface area contributed by atoms with Crippen LogP contribution in [0.1, 0.15) is 30.4 Å². The van der Waals surface area contributed by atoms with Crippen LogP contribution in [0.4, 0.5) is 0 Å². The minimum atomic E-state index is 0.279. The molecule has 3 nitrogen and oxygen atoms in total. The number of para-hydroxylation sites is 1. The number of nitrogens with zero attached hydrogens (tertiary/aromatic N) is 1. The van der Waals surface area contributed by atoms with Crippen molar-refractivity contribution in [3.8, 4) is 0 Å². The topological polar surface area (TPSA) is 37.2 Å². The Kier molecular flexibility index (Phi) is 6.98. The van der Waals surface area contributed by atoms with Crippen LogP contribution in [-0.4, -0.2) is 22.8 Å². The molecule has 2 aromatic carbocycles. The summed E-state index contributed by atoms with van der Waals surface area (Å²) in [6, 6.07) is 14.1. The smallest absolute Gasteiger partial charge is 0.0491 e. The molecule has 26 heavy (non-hydrogen) atoms. The second kappa shape index (κ2) is 9.43. The molecule has 0 radical (unpaired) electrons. The molecule has 0 saturated carbocycles. The van der Waals surface area contributed by atoms with Crippen molar-refractivity contribution in [2.24, 2.45) is 0 Å². The zero-order valence-electron chi connectivity index (χ0n) is 14.7. The van der Waals surface area contributed by atoms with Gasteiger partial charge in [-0.15, -0.1) is 0 Å². The molecule has 1 aromatic heterocycles. The van der Waals surface area contributed by atoms with Gasteiger partial charge in [-0.25, -0.2) is 0 Å². The Morgan fingerprint density at radius 2 is 1.81 bits per heavy atom. The molecule has 3 aromatic rings. The molecular weight excluding hydrogens is 367 g/mol. The summed E-state index contributed by atoms with van der Waals surface area (Å²) in [4.78, 5) is 0. The maximum absolute atomic E-state index is 8.84. The zero-order valence-corrected chi connectivity index (χ0v) is 16.2. The number of halogens is 2. The van der Waals surface area contributed by atoms with E-state index in [-0.39, 0.29) is 6.61 Å². The number of benzene rings is 2. The van der Waals surface area contributed by atoms with Crippen molar-refractivity contribution in [2.75, 3.05) is 13.2 Å². The SMILES string of the molecule is OCCCCCNCc1cn(Cc2ccc(Cl)cc2Cl)c2ccccc12. The summed E-state index contributed by atoms with van der Waals surface area (Å²) in [7, 11) is 0. The van der Waals surface area contributed by atoms with Crippen molar-refractivity contribution in [3.05, 3.63) is 69.8 Å². The lowest BCUT2D eigenvalue weighted by Crippen LogP contribution is -2.14. The van der Waals surface area contributed by atoms with Gasteiger partial charge in [0.15, 0.2) is 0 Å². The van der Waals surface area contributed by atoms with Crippen LogP contribution < -0.4 is 5.32 Å². The third-order valence-electron chi connectivity index (χ3n) is 4.55. The fourth-order valence-electron chi connectivity index (χ4n) is 3.19. The zero-order chi connectivity index (χ0) is 18.4. The molecule has 0 saturated heterocycles. The first-order valence-electron chi connectivity index (χ1n) is 9.01.